The lowest BCUT2D eigenvalue weighted by Gasteiger charge is -2.27. The van der Waals surface area contributed by atoms with Crippen LogP contribution >= 0.6 is 7.82 Å². The van der Waals surface area contributed by atoms with E-state index in [1.807, 2.05) is 33.3 Å². The monoisotopic (exact) mass is 1180 g/mol. The summed E-state index contributed by atoms with van der Waals surface area (Å²) >= 11 is 0. The molecule has 9 nitrogen and oxygen atoms in total. The van der Waals surface area contributed by atoms with Crippen LogP contribution in [0.2, 0.25) is 0 Å². The van der Waals surface area contributed by atoms with Gasteiger partial charge in [-0.25, -0.2) is 4.57 Å². The fraction of sp³-hybridized carbons (Fsp3) is 0.753. The molecule has 0 aromatic carbocycles. The van der Waals surface area contributed by atoms with Gasteiger partial charge in [0.15, 0.2) is 0 Å². The lowest BCUT2D eigenvalue weighted by atomic mass is 10.0. The van der Waals surface area contributed by atoms with Crippen LogP contribution in [-0.4, -0.2) is 74.3 Å². The predicted octanol–water partition coefficient (Wildman–Crippen LogP) is 21.9. The van der Waals surface area contributed by atoms with Crippen LogP contribution in [0, 0.1) is 0 Å². The number of phosphoric acid groups is 1. The number of carbonyl (C=O) groups excluding carboxylic acids is 2. The molecule has 0 aliphatic heterocycles. The second-order valence-corrected chi connectivity index (χ2v) is 25.8. The second kappa shape index (κ2) is 62.0. The van der Waals surface area contributed by atoms with Crippen molar-refractivity contribution in [1.29, 1.82) is 0 Å². The van der Waals surface area contributed by atoms with Crippen molar-refractivity contribution in [1.82, 2.24) is 5.32 Å². The molecule has 2 N–H and O–H groups in total. The van der Waals surface area contributed by atoms with Gasteiger partial charge in [0.25, 0.3) is 0 Å². The number of allylic oxidation sites excluding steroid dienone is 15. The molecule has 0 aliphatic carbocycles. The van der Waals surface area contributed by atoms with E-state index in [1.54, 1.807) is 0 Å². The molecule has 0 aliphatic rings. The number of hydrogen-bond acceptors (Lipinski definition) is 6. The number of unbranched alkanes of at least 4 members (excludes halogenated alkanes) is 32. The summed E-state index contributed by atoms with van der Waals surface area (Å²) < 4.78 is 30.8. The van der Waals surface area contributed by atoms with Crippen LogP contribution < -0.4 is 5.32 Å². The highest BCUT2D eigenvalue weighted by Gasteiger charge is 2.30. The molecule has 0 radical (unpaired) electrons. The number of esters is 1. The standard InChI is InChI=1S/C73H131N2O7P/c1-7-10-13-16-19-22-25-27-29-31-33-35-37-39-41-43-45-47-50-53-56-59-62-65-72(76)74-70(69-81-83(78,79)80-68-67-75(4,5)6)71(64-61-58-55-52-49-24-21-18-15-12-9-3)82-73(77)66-63-60-57-54-51-48-46-44-42-40-38-36-34-32-30-28-26-23-20-17-14-11-8-2/h11,14,20,23,27-30,34,36,40,42,46,48,61,64,70-71H,7-10,12-13,15-19,21-22,24-26,31-33,35,37-39,41,43-45,47,49-60,62-63,65-69H2,1-6H3,(H-,74,76,78,79)/p+1/b14-11-,23-20-,29-27+,30-28-,36-34-,42-40-,48-46-,64-61+. The number of carbonyl (C=O) groups is 2. The van der Waals surface area contributed by atoms with Gasteiger partial charge in [-0.2, -0.15) is 0 Å². The molecule has 0 aromatic rings. The van der Waals surface area contributed by atoms with E-state index in [9.17, 15) is 19.0 Å². The Hall–Kier alpha value is -3.07. The van der Waals surface area contributed by atoms with Gasteiger partial charge in [-0.15, -0.1) is 0 Å². The molecule has 0 bridgehead atoms. The molecule has 0 saturated heterocycles. The Morgan fingerprint density at radius 1 is 0.434 bits per heavy atom. The minimum absolute atomic E-state index is 0.0323. The van der Waals surface area contributed by atoms with Crippen LogP contribution in [0.3, 0.4) is 0 Å². The maximum absolute atomic E-state index is 13.6. The molecule has 83 heavy (non-hydrogen) atoms. The zero-order valence-corrected chi connectivity index (χ0v) is 55.8. The van der Waals surface area contributed by atoms with Crippen LogP contribution in [-0.2, 0) is 27.9 Å². The summed E-state index contributed by atoms with van der Waals surface area (Å²) in [5.74, 6) is -0.532. The van der Waals surface area contributed by atoms with Crippen molar-refractivity contribution in [2.45, 2.75) is 315 Å². The Bertz CT molecular complexity index is 1740. The van der Waals surface area contributed by atoms with Gasteiger partial charge in [0, 0.05) is 12.8 Å². The van der Waals surface area contributed by atoms with E-state index in [2.05, 4.69) is 111 Å². The van der Waals surface area contributed by atoms with Gasteiger partial charge in [0.2, 0.25) is 5.91 Å². The first kappa shape index (κ1) is 79.9. The Morgan fingerprint density at radius 2 is 0.771 bits per heavy atom. The number of ether oxygens (including phenoxy) is 1. The average Bonchev–Trinajstić information content (AvgIpc) is 3.51. The van der Waals surface area contributed by atoms with E-state index < -0.39 is 20.0 Å². The predicted molar refractivity (Wildman–Crippen MR) is 360 cm³/mol. The summed E-state index contributed by atoms with van der Waals surface area (Å²) in [4.78, 5) is 37.8. The minimum atomic E-state index is -4.46. The van der Waals surface area contributed by atoms with Crippen molar-refractivity contribution < 1.29 is 37.3 Å². The first-order chi connectivity index (χ1) is 40.4. The van der Waals surface area contributed by atoms with Gasteiger partial charge in [-0.1, -0.05) is 279 Å². The van der Waals surface area contributed by atoms with Crippen molar-refractivity contribution in [2.24, 2.45) is 0 Å². The first-order valence-corrected chi connectivity index (χ1v) is 36.1. The van der Waals surface area contributed by atoms with E-state index in [0.29, 0.717) is 23.9 Å². The molecule has 1 amide bonds. The molecular formula is C73H132N2O7P+. The maximum atomic E-state index is 13.6. The third-order valence-corrected chi connectivity index (χ3v) is 16.0. The molecule has 480 valence electrons. The summed E-state index contributed by atoms with van der Waals surface area (Å²) in [6, 6.07) is -0.864. The lowest BCUT2D eigenvalue weighted by Crippen LogP contribution is -2.47. The molecule has 3 atom stereocenters. The number of hydrogen-bond donors (Lipinski definition) is 2. The molecule has 0 saturated carbocycles. The third-order valence-electron chi connectivity index (χ3n) is 15.0. The van der Waals surface area contributed by atoms with Crippen molar-refractivity contribution in [3.8, 4) is 0 Å². The van der Waals surface area contributed by atoms with E-state index in [0.717, 1.165) is 103 Å². The smallest absolute Gasteiger partial charge is 0.456 e. The van der Waals surface area contributed by atoms with Gasteiger partial charge >= 0.3 is 13.8 Å². The van der Waals surface area contributed by atoms with E-state index >= 15 is 0 Å². The number of likely N-dealkylation sites (N-methyl/N-ethyl adjacent to an activating group) is 1. The van der Waals surface area contributed by atoms with Crippen LogP contribution in [0.1, 0.15) is 303 Å². The largest absolute Gasteiger partial charge is 0.472 e. The summed E-state index contributed by atoms with van der Waals surface area (Å²) in [6.07, 6.45) is 84.2. The topological polar surface area (TPSA) is 111 Å². The summed E-state index contributed by atoms with van der Waals surface area (Å²) in [5.41, 5.74) is 0. The number of nitrogens with zero attached hydrogens (tertiary/aromatic N) is 1. The van der Waals surface area contributed by atoms with E-state index in [-0.39, 0.29) is 31.5 Å². The molecule has 0 rings (SSSR count). The molecular weight excluding hydrogens is 1050 g/mol. The summed E-state index contributed by atoms with van der Waals surface area (Å²) in [7, 11) is 1.48. The van der Waals surface area contributed by atoms with Crippen LogP contribution in [0.15, 0.2) is 97.2 Å². The number of quaternary nitrogens is 1. The molecule has 10 heteroatoms. The van der Waals surface area contributed by atoms with Gasteiger partial charge in [-0.05, 0) is 109 Å². The zero-order chi connectivity index (χ0) is 60.7. The van der Waals surface area contributed by atoms with Gasteiger partial charge in [0.05, 0.1) is 33.8 Å². The highest BCUT2D eigenvalue weighted by Crippen LogP contribution is 2.43. The van der Waals surface area contributed by atoms with Crippen molar-refractivity contribution >= 4 is 19.7 Å². The second-order valence-electron chi connectivity index (χ2n) is 24.3. The molecule has 0 aromatic heterocycles. The van der Waals surface area contributed by atoms with Crippen molar-refractivity contribution in [2.75, 3.05) is 40.9 Å². The number of nitrogens with one attached hydrogen (secondary N) is 1. The molecule has 0 fully saturated rings. The SMILES string of the molecule is CC/C=C\C/C=C\C/C=C\C/C=C\C/C=C\C/C=C\CCCCCCC(=O)OC(/C=C/CCCCCCCCCCC)C(COP(=O)(O)OCC[N+](C)(C)C)NC(=O)CCCCCCCCCCCCCCC/C=C/CCCCCCCC. The normalized spacial score (nSPS) is 14.2. The molecule has 3 unspecified atom stereocenters. The first-order valence-electron chi connectivity index (χ1n) is 34.6. The summed E-state index contributed by atoms with van der Waals surface area (Å²) in [5, 5.41) is 3.06. The van der Waals surface area contributed by atoms with E-state index in [4.69, 9.17) is 13.8 Å². The zero-order valence-electron chi connectivity index (χ0n) is 54.9. The van der Waals surface area contributed by atoms with Crippen LogP contribution in [0.25, 0.3) is 0 Å². The van der Waals surface area contributed by atoms with Crippen molar-refractivity contribution in [3.63, 3.8) is 0 Å². The van der Waals surface area contributed by atoms with Crippen molar-refractivity contribution in [3.05, 3.63) is 97.2 Å². The average molecular weight is 1180 g/mol. The highest BCUT2D eigenvalue weighted by atomic mass is 31.2. The fourth-order valence-electron chi connectivity index (χ4n) is 9.70. The van der Waals surface area contributed by atoms with E-state index in [1.165, 1.54) is 161 Å². The Balaban J connectivity index is 5.12. The molecule has 0 heterocycles. The van der Waals surface area contributed by atoms with Crippen LogP contribution in [0.5, 0.6) is 0 Å². The fourth-order valence-corrected chi connectivity index (χ4v) is 10.4. The quantitative estimate of drug-likeness (QED) is 0.0205. The minimum Gasteiger partial charge on any atom is -0.456 e. The molecule has 0 spiro atoms. The third kappa shape index (κ3) is 63.3. The number of rotatable bonds is 62. The Kier molecular flexibility index (Phi) is 59.7. The Labute approximate surface area is 513 Å². The lowest BCUT2D eigenvalue weighted by molar-refractivity contribution is -0.870. The summed E-state index contributed by atoms with van der Waals surface area (Å²) in [6.45, 7) is 6.89. The van der Waals surface area contributed by atoms with Crippen LogP contribution in [0.4, 0.5) is 0 Å². The number of phosphoric ester groups is 1. The van der Waals surface area contributed by atoms with Gasteiger partial charge in [0.1, 0.15) is 19.3 Å². The Morgan fingerprint density at radius 3 is 1.17 bits per heavy atom. The number of amides is 1. The van der Waals surface area contributed by atoms with Gasteiger partial charge < -0.3 is 19.4 Å². The maximum Gasteiger partial charge on any atom is 0.472 e. The van der Waals surface area contributed by atoms with Gasteiger partial charge in [-0.3, -0.25) is 18.6 Å². The highest BCUT2D eigenvalue weighted by molar-refractivity contribution is 7.47.